The number of ether oxygens (including phenoxy) is 1. The van der Waals surface area contributed by atoms with Gasteiger partial charge in [-0.3, -0.25) is 0 Å². The first kappa shape index (κ1) is 39.7. The number of nitrogens with zero attached hydrogens (tertiary/aromatic N) is 2. The minimum absolute atomic E-state index is 0.801. The van der Waals surface area contributed by atoms with Crippen LogP contribution in [0.3, 0.4) is 0 Å². The summed E-state index contributed by atoms with van der Waals surface area (Å²) in [6.07, 6.45) is 0. The minimum atomic E-state index is 0.801. The highest BCUT2D eigenvalue weighted by molar-refractivity contribution is 6.11. The molecule has 0 radical (unpaired) electrons. The first-order chi connectivity index (χ1) is 33.3. The molecule has 1 heterocycles. The van der Waals surface area contributed by atoms with Crippen LogP contribution in [0.1, 0.15) is 0 Å². The van der Waals surface area contributed by atoms with Crippen molar-refractivity contribution in [2.45, 2.75) is 0 Å². The van der Waals surface area contributed by atoms with Crippen molar-refractivity contribution in [2.24, 2.45) is 0 Å². The molecule has 67 heavy (non-hydrogen) atoms. The van der Waals surface area contributed by atoms with Crippen LogP contribution >= 0.6 is 0 Å². The summed E-state index contributed by atoms with van der Waals surface area (Å²) in [5.74, 6) is 1.61. The molecule has 0 fully saturated rings. The van der Waals surface area contributed by atoms with E-state index in [0.29, 0.717) is 0 Å². The summed E-state index contributed by atoms with van der Waals surface area (Å²) >= 11 is 0. The normalized spacial score (nSPS) is 11.4. The third-order valence-electron chi connectivity index (χ3n) is 12.8. The van der Waals surface area contributed by atoms with E-state index < -0.39 is 0 Å². The fraction of sp³-hybridized carbons (Fsp3) is 0. The Morgan fingerprint density at radius 1 is 0.269 bits per heavy atom. The summed E-state index contributed by atoms with van der Waals surface area (Å²) in [6, 6.07) is 95.3. The molecule has 11 aromatic rings. The van der Waals surface area contributed by atoms with E-state index in [9.17, 15) is 0 Å². The van der Waals surface area contributed by atoms with Crippen LogP contribution in [-0.2, 0) is 0 Å². The molecule has 0 saturated carbocycles. The zero-order chi connectivity index (χ0) is 44.5. The first-order valence-electron chi connectivity index (χ1n) is 22.8. The summed E-state index contributed by atoms with van der Waals surface area (Å²) in [5.41, 5.74) is 17.6. The number of benzene rings is 11. The summed E-state index contributed by atoms with van der Waals surface area (Å²) in [7, 11) is 0. The van der Waals surface area contributed by atoms with Crippen molar-refractivity contribution in [2.75, 3.05) is 9.80 Å². The van der Waals surface area contributed by atoms with Crippen molar-refractivity contribution in [3.05, 3.63) is 267 Å². The lowest BCUT2D eigenvalue weighted by atomic mass is 9.91. The van der Waals surface area contributed by atoms with Crippen molar-refractivity contribution in [3.8, 4) is 67.1 Å². The van der Waals surface area contributed by atoms with E-state index >= 15 is 0 Å². The molecular weight excluding hydrogens is 813 g/mol. The highest BCUT2D eigenvalue weighted by Crippen LogP contribution is 2.57. The topological polar surface area (TPSA) is 15.7 Å². The highest BCUT2D eigenvalue weighted by Gasteiger charge is 2.30. The number of rotatable bonds is 10. The first-order valence-corrected chi connectivity index (χ1v) is 22.8. The van der Waals surface area contributed by atoms with Gasteiger partial charge in [0.1, 0.15) is 5.75 Å². The maximum atomic E-state index is 7.41. The molecule has 0 spiro atoms. The quantitative estimate of drug-likeness (QED) is 0.136. The van der Waals surface area contributed by atoms with Gasteiger partial charge in [-0.2, -0.15) is 0 Å². The molecule has 0 aliphatic carbocycles. The predicted octanol–water partition coefficient (Wildman–Crippen LogP) is 18.2. The van der Waals surface area contributed by atoms with E-state index in [2.05, 4.69) is 277 Å². The van der Waals surface area contributed by atoms with Crippen LogP contribution in [-0.4, -0.2) is 0 Å². The standard InChI is InChI=1S/C64H44N2O/c1-7-21-45(22-8-1)54-40-38-52(43-57(54)47-25-11-3-12-26-47)66(53-39-41-55(46-23-9-2-10-24-46)58(44-53)48-27-13-4-14-28-48)60-42-37-49-29-19-34-56-62(49)64(60)67-61-36-20-35-59(63(56)61)65(50-30-15-5-16-31-50)51-32-17-6-18-33-51/h1-44H. The largest absolute Gasteiger partial charge is 0.454 e. The van der Waals surface area contributed by atoms with Gasteiger partial charge in [0, 0.05) is 33.7 Å². The fourth-order valence-corrected chi connectivity index (χ4v) is 9.80. The number of hydrogen-bond acceptors (Lipinski definition) is 3. The molecule has 12 rings (SSSR count). The maximum absolute atomic E-state index is 7.41. The van der Waals surface area contributed by atoms with Gasteiger partial charge in [-0.25, -0.2) is 0 Å². The average molecular weight is 857 g/mol. The fourth-order valence-electron chi connectivity index (χ4n) is 9.80. The van der Waals surface area contributed by atoms with E-state index in [1.54, 1.807) is 0 Å². The SMILES string of the molecule is c1ccc(-c2ccc(N(c3ccc(-c4ccccc4)c(-c4ccccc4)c3)c3ccc4cccc5c4c3Oc3cccc(N(c4ccccc4)c4ccccc4)c3-5)cc2-c2ccccc2)cc1. The number of para-hydroxylation sites is 2. The molecule has 316 valence electrons. The second kappa shape index (κ2) is 17.2. The molecule has 0 bridgehead atoms. The monoisotopic (exact) mass is 856 g/mol. The van der Waals surface area contributed by atoms with E-state index in [0.717, 1.165) is 89.8 Å². The van der Waals surface area contributed by atoms with Gasteiger partial charge in [0.15, 0.2) is 5.75 Å². The Morgan fingerprint density at radius 2 is 0.701 bits per heavy atom. The molecule has 0 unspecified atom stereocenters. The summed E-state index contributed by atoms with van der Waals surface area (Å²) in [6.45, 7) is 0. The third kappa shape index (κ3) is 7.29. The molecule has 0 atom stereocenters. The van der Waals surface area contributed by atoms with Crippen molar-refractivity contribution >= 4 is 44.9 Å². The lowest BCUT2D eigenvalue weighted by Crippen LogP contribution is -2.14. The number of hydrogen-bond donors (Lipinski definition) is 0. The highest BCUT2D eigenvalue weighted by atomic mass is 16.5. The Labute approximate surface area is 391 Å². The number of anilines is 6. The molecular formula is C64H44N2O. The van der Waals surface area contributed by atoms with Crippen molar-refractivity contribution in [1.82, 2.24) is 0 Å². The summed E-state index contributed by atoms with van der Waals surface area (Å²) < 4.78 is 7.41. The van der Waals surface area contributed by atoms with Gasteiger partial charge < -0.3 is 14.5 Å². The molecule has 1 aliphatic rings. The van der Waals surface area contributed by atoms with E-state index in [1.807, 2.05) is 0 Å². The Morgan fingerprint density at radius 3 is 1.19 bits per heavy atom. The smallest absolute Gasteiger partial charge is 0.159 e. The van der Waals surface area contributed by atoms with Gasteiger partial charge in [0.2, 0.25) is 0 Å². The van der Waals surface area contributed by atoms with Crippen molar-refractivity contribution in [3.63, 3.8) is 0 Å². The van der Waals surface area contributed by atoms with Crippen LogP contribution < -0.4 is 14.5 Å². The molecule has 1 aliphatic heterocycles. The van der Waals surface area contributed by atoms with E-state index in [-0.39, 0.29) is 0 Å². The molecule has 0 aromatic heterocycles. The van der Waals surface area contributed by atoms with Crippen LogP contribution in [0.15, 0.2) is 267 Å². The van der Waals surface area contributed by atoms with Gasteiger partial charge >= 0.3 is 0 Å². The van der Waals surface area contributed by atoms with Crippen LogP contribution in [0.2, 0.25) is 0 Å². The lowest BCUT2D eigenvalue weighted by Gasteiger charge is -2.34. The Balaban J connectivity index is 1.12. The Kier molecular flexibility index (Phi) is 10.2. The molecule has 0 amide bonds. The molecule has 3 nitrogen and oxygen atoms in total. The molecule has 11 aromatic carbocycles. The second-order valence-corrected chi connectivity index (χ2v) is 16.8. The van der Waals surface area contributed by atoms with Crippen molar-refractivity contribution < 1.29 is 4.74 Å². The van der Waals surface area contributed by atoms with Gasteiger partial charge in [-0.05, 0) is 122 Å². The van der Waals surface area contributed by atoms with Gasteiger partial charge in [0.05, 0.1) is 11.4 Å². The molecule has 3 heteroatoms. The lowest BCUT2D eigenvalue weighted by molar-refractivity contribution is 0.488. The predicted molar refractivity (Wildman–Crippen MR) is 281 cm³/mol. The van der Waals surface area contributed by atoms with Crippen molar-refractivity contribution in [1.29, 1.82) is 0 Å². The maximum Gasteiger partial charge on any atom is 0.159 e. The third-order valence-corrected chi connectivity index (χ3v) is 12.8. The minimum Gasteiger partial charge on any atom is -0.454 e. The molecule has 0 saturated heterocycles. The van der Waals surface area contributed by atoms with Crippen LogP contribution in [0.4, 0.5) is 34.1 Å². The Hall–Kier alpha value is -8.92. The van der Waals surface area contributed by atoms with Gasteiger partial charge in [-0.1, -0.05) is 200 Å². The zero-order valence-corrected chi connectivity index (χ0v) is 36.7. The van der Waals surface area contributed by atoms with Gasteiger partial charge in [-0.15, -0.1) is 0 Å². The Bertz CT molecular complexity index is 3360. The van der Waals surface area contributed by atoms with Gasteiger partial charge in [0.25, 0.3) is 0 Å². The average Bonchev–Trinajstić information content (AvgIpc) is 3.41. The number of fused-ring (bicyclic) bond motifs is 2. The summed E-state index contributed by atoms with van der Waals surface area (Å²) in [4.78, 5) is 4.73. The summed E-state index contributed by atoms with van der Waals surface area (Å²) in [5, 5.41) is 2.18. The van der Waals surface area contributed by atoms with E-state index in [1.165, 1.54) is 22.3 Å². The second-order valence-electron chi connectivity index (χ2n) is 16.8. The van der Waals surface area contributed by atoms with Crippen LogP contribution in [0.5, 0.6) is 11.5 Å². The molecule has 0 N–H and O–H groups in total. The van der Waals surface area contributed by atoms with Crippen LogP contribution in [0, 0.1) is 0 Å². The zero-order valence-electron chi connectivity index (χ0n) is 36.7. The van der Waals surface area contributed by atoms with E-state index in [4.69, 9.17) is 4.74 Å². The van der Waals surface area contributed by atoms with Crippen LogP contribution in [0.25, 0.3) is 66.4 Å².